The molecule has 0 aliphatic heterocycles. The van der Waals surface area contributed by atoms with Crippen molar-refractivity contribution >= 4 is 44.1 Å². The lowest BCUT2D eigenvalue weighted by Crippen LogP contribution is -1.93. The maximum absolute atomic E-state index is 5.90. The van der Waals surface area contributed by atoms with Crippen LogP contribution < -0.4 is 0 Å². The Hall–Kier alpha value is -1.20. The van der Waals surface area contributed by atoms with Crippen LogP contribution in [0.4, 0.5) is 0 Å². The normalized spacial score (nSPS) is 11.4. The van der Waals surface area contributed by atoms with Gasteiger partial charge in [0, 0.05) is 17.6 Å². The Balaban J connectivity index is 2.64. The Kier molecular flexibility index (Phi) is 2.12. The van der Waals surface area contributed by atoms with E-state index in [1.54, 1.807) is 6.20 Å². The predicted octanol–water partition coefficient (Wildman–Crippen LogP) is 3.00. The summed E-state index contributed by atoms with van der Waals surface area (Å²) in [6, 6.07) is 3.77. The van der Waals surface area contributed by atoms with E-state index in [2.05, 4.69) is 31.1 Å². The van der Waals surface area contributed by atoms with E-state index in [0.717, 1.165) is 26.8 Å². The van der Waals surface area contributed by atoms with Crippen LogP contribution in [0.1, 0.15) is 5.82 Å². The van der Waals surface area contributed by atoms with E-state index in [4.69, 9.17) is 11.6 Å². The molecule has 0 N–H and O–H groups in total. The van der Waals surface area contributed by atoms with Crippen LogP contribution in [-0.2, 0) is 0 Å². The zero-order chi connectivity index (χ0) is 11.3. The molecule has 3 rings (SSSR count). The van der Waals surface area contributed by atoms with Crippen molar-refractivity contribution in [3.8, 4) is 0 Å². The first-order valence-electron chi connectivity index (χ1n) is 4.62. The Morgan fingerprint density at radius 2 is 2.12 bits per heavy atom. The standard InChI is InChI=1S/C10H6BrClN4/c1-5-14-15-10-7(11)2-6-4-13-9(12)3-8(6)16(5)10/h2-4H,1H3. The van der Waals surface area contributed by atoms with Gasteiger partial charge in [0.15, 0.2) is 5.65 Å². The summed E-state index contributed by atoms with van der Waals surface area (Å²) in [7, 11) is 0. The molecule has 3 heterocycles. The van der Waals surface area contributed by atoms with Gasteiger partial charge in [-0.1, -0.05) is 11.6 Å². The number of halogens is 2. The van der Waals surface area contributed by atoms with Crippen molar-refractivity contribution in [2.45, 2.75) is 6.92 Å². The summed E-state index contributed by atoms with van der Waals surface area (Å²) in [6.45, 7) is 1.90. The Morgan fingerprint density at radius 1 is 1.31 bits per heavy atom. The molecule has 6 heteroatoms. The first-order valence-corrected chi connectivity index (χ1v) is 5.79. The summed E-state index contributed by atoms with van der Waals surface area (Å²) in [4.78, 5) is 4.06. The molecule has 3 aromatic rings. The fourth-order valence-electron chi connectivity index (χ4n) is 1.74. The fourth-order valence-corrected chi connectivity index (χ4v) is 2.40. The lowest BCUT2D eigenvalue weighted by atomic mass is 10.2. The van der Waals surface area contributed by atoms with Gasteiger partial charge in [-0.15, -0.1) is 10.2 Å². The van der Waals surface area contributed by atoms with Gasteiger partial charge in [0.05, 0.1) is 9.99 Å². The molecule has 0 atom stereocenters. The van der Waals surface area contributed by atoms with Gasteiger partial charge in [0.25, 0.3) is 0 Å². The molecule has 4 nitrogen and oxygen atoms in total. The number of nitrogens with zero attached hydrogens (tertiary/aromatic N) is 4. The Morgan fingerprint density at radius 3 is 2.94 bits per heavy atom. The maximum atomic E-state index is 5.90. The number of aromatic nitrogens is 4. The van der Waals surface area contributed by atoms with E-state index >= 15 is 0 Å². The molecule has 0 bridgehead atoms. The van der Waals surface area contributed by atoms with Gasteiger partial charge in [-0.05, 0) is 28.9 Å². The van der Waals surface area contributed by atoms with Crippen molar-refractivity contribution in [1.82, 2.24) is 19.6 Å². The van der Waals surface area contributed by atoms with Gasteiger partial charge < -0.3 is 0 Å². The quantitative estimate of drug-likeness (QED) is 0.599. The van der Waals surface area contributed by atoms with E-state index in [1.807, 2.05) is 23.5 Å². The number of hydrogen-bond donors (Lipinski definition) is 0. The second kappa shape index (κ2) is 3.40. The van der Waals surface area contributed by atoms with Gasteiger partial charge in [0.1, 0.15) is 11.0 Å². The smallest absolute Gasteiger partial charge is 0.175 e. The zero-order valence-corrected chi connectivity index (χ0v) is 10.6. The highest BCUT2D eigenvalue weighted by Crippen LogP contribution is 2.25. The molecule has 0 spiro atoms. The molecular weight excluding hydrogens is 291 g/mol. The first-order chi connectivity index (χ1) is 7.66. The van der Waals surface area contributed by atoms with Crippen molar-refractivity contribution in [3.63, 3.8) is 0 Å². The van der Waals surface area contributed by atoms with Crippen LogP contribution in [0.25, 0.3) is 16.6 Å². The first kappa shape index (κ1) is 9.99. The number of pyridine rings is 2. The van der Waals surface area contributed by atoms with E-state index in [1.165, 1.54) is 0 Å². The van der Waals surface area contributed by atoms with Crippen LogP contribution in [0.3, 0.4) is 0 Å². The molecule has 0 unspecified atom stereocenters. The van der Waals surface area contributed by atoms with E-state index in [9.17, 15) is 0 Å². The van der Waals surface area contributed by atoms with Crippen molar-refractivity contribution in [2.24, 2.45) is 0 Å². The summed E-state index contributed by atoms with van der Waals surface area (Å²) in [5, 5.41) is 9.61. The number of aryl methyl sites for hydroxylation is 1. The molecule has 0 fully saturated rings. The van der Waals surface area contributed by atoms with Crippen LogP contribution >= 0.6 is 27.5 Å². The molecule has 0 aromatic carbocycles. The molecule has 0 saturated heterocycles. The summed E-state index contributed by atoms with van der Waals surface area (Å²) in [6.07, 6.45) is 1.74. The molecule has 0 radical (unpaired) electrons. The lowest BCUT2D eigenvalue weighted by Gasteiger charge is -2.04. The molecule has 16 heavy (non-hydrogen) atoms. The van der Waals surface area contributed by atoms with Crippen LogP contribution in [0, 0.1) is 6.92 Å². The minimum absolute atomic E-state index is 0.462. The Labute approximate surface area is 104 Å². The SMILES string of the molecule is Cc1nnc2c(Br)cc3cnc(Cl)cc3n12. The Bertz CT molecular complexity index is 707. The van der Waals surface area contributed by atoms with Crippen LogP contribution in [0.5, 0.6) is 0 Å². The van der Waals surface area contributed by atoms with E-state index in [0.29, 0.717) is 5.15 Å². The third kappa shape index (κ3) is 1.32. The second-order valence-corrected chi connectivity index (χ2v) is 4.71. The fraction of sp³-hybridized carbons (Fsp3) is 0.100. The third-order valence-electron chi connectivity index (χ3n) is 2.44. The van der Waals surface area contributed by atoms with Gasteiger partial charge in [-0.3, -0.25) is 4.40 Å². The van der Waals surface area contributed by atoms with Crippen molar-refractivity contribution < 1.29 is 0 Å². The highest BCUT2D eigenvalue weighted by atomic mass is 79.9. The van der Waals surface area contributed by atoms with Crippen LogP contribution in [-0.4, -0.2) is 19.6 Å². The van der Waals surface area contributed by atoms with Gasteiger partial charge in [-0.25, -0.2) is 4.98 Å². The molecule has 3 aromatic heterocycles. The van der Waals surface area contributed by atoms with E-state index in [-0.39, 0.29) is 0 Å². The average Bonchev–Trinajstić information content (AvgIpc) is 2.63. The highest BCUT2D eigenvalue weighted by molar-refractivity contribution is 9.10. The van der Waals surface area contributed by atoms with Crippen LogP contribution in [0.2, 0.25) is 5.15 Å². The maximum Gasteiger partial charge on any atom is 0.175 e. The molecule has 80 valence electrons. The lowest BCUT2D eigenvalue weighted by molar-refractivity contribution is 1.02. The molecule has 0 saturated carbocycles. The molecule has 0 aliphatic rings. The van der Waals surface area contributed by atoms with Gasteiger partial charge >= 0.3 is 0 Å². The van der Waals surface area contributed by atoms with Crippen molar-refractivity contribution in [1.29, 1.82) is 0 Å². The largest absolute Gasteiger partial charge is 0.278 e. The monoisotopic (exact) mass is 296 g/mol. The van der Waals surface area contributed by atoms with Gasteiger partial charge in [-0.2, -0.15) is 0 Å². The average molecular weight is 298 g/mol. The summed E-state index contributed by atoms with van der Waals surface area (Å²) < 4.78 is 2.84. The second-order valence-electron chi connectivity index (χ2n) is 3.46. The number of fused-ring (bicyclic) bond motifs is 3. The summed E-state index contributed by atoms with van der Waals surface area (Å²) >= 11 is 9.37. The van der Waals surface area contributed by atoms with Crippen molar-refractivity contribution in [3.05, 3.63) is 33.8 Å². The highest BCUT2D eigenvalue weighted by Gasteiger charge is 2.10. The van der Waals surface area contributed by atoms with Crippen molar-refractivity contribution in [2.75, 3.05) is 0 Å². The summed E-state index contributed by atoms with van der Waals surface area (Å²) in [5.74, 6) is 0.823. The topological polar surface area (TPSA) is 43.1 Å². The minimum Gasteiger partial charge on any atom is -0.278 e. The van der Waals surface area contributed by atoms with E-state index < -0.39 is 0 Å². The number of hydrogen-bond acceptors (Lipinski definition) is 3. The third-order valence-corrected chi connectivity index (χ3v) is 3.23. The molecular formula is C10H6BrClN4. The minimum atomic E-state index is 0.462. The predicted molar refractivity (Wildman–Crippen MR) is 65.7 cm³/mol. The zero-order valence-electron chi connectivity index (χ0n) is 8.28. The van der Waals surface area contributed by atoms with Gasteiger partial charge in [0.2, 0.25) is 0 Å². The molecule has 0 aliphatic carbocycles. The summed E-state index contributed by atoms with van der Waals surface area (Å²) in [5.41, 5.74) is 1.74. The molecule has 0 amide bonds. The number of rotatable bonds is 0. The van der Waals surface area contributed by atoms with Crippen LogP contribution in [0.15, 0.2) is 22.8 Å².